The van der Waals surface area contributed by atoms with E-state index in [2.05, 4.69) is 0 Å². The van der Waals surface area contributed by atoms with Crippen LogP contribution in [0, 0.1) is 17.6 Å². The number of halogens is 2. The van der Waals surface area contributed by atoms with Gasteiger partial charge in [-0.05, 0) is 44.0 Å². The van der Waals surface area contributed by atoms with Gasteiger partial charge in [0.1, 0.15) is 11.6 Å². The third-order valence-corrected chi connectivity index (χ3v) is 3.45. The molecule has 1 aliphatic heterocycles. The number of esters is 1. The second-order valence-electron chi connectivity index (χ2n) is 5.10. The first-order chi connectivity index (χ1) is 9.58. The summed E-state index contributed by atoms with van der Waals surface area (Å²) in [5.41, 5.74) is 0.590. The van der Waals surface area contributed by atoms with Crippen molar-refractivity contribution in [1.29, 1.82) is 0 Å². The van der Waals surface area contributed by atoms with Crippen molar-refractivity contribution in [2.75, 3.05) is 19.7 Å². The molecule has 1 heterocycles. The van der Waals surface area contributed by atoms with Gasteiger partial charge in [0.25, 0.3) is 0 Å². The zero-order chi connectivity index (χ0) is 14.5. The van der Waals surface area contributed by atoms with Gasteiger partial charge in [-0.15, -0.1) is 0 Å². The van der Waals surface area contributed by atoms with Crippen molar-refractivity contribution >= 4 is 5.97 Å². The van der Waals surface area contributed by atoms with Crippen molar-refractivity contribution in [2.45, 2.75) is 26.3 Å². The van der Waals surface area contributed by atoms with Crippen LogP contribution in [0.15, 0.2) is 18.2 Å². The Kier molecular flexibility index (Phi) is 5.06. The predicted molar refractivity (Wildman–Crippen MR) is 71.0 cm³/mol. The van der Waals surface area contributed by atoms with Gasteiger partial charge in [0.15, 0.2) is 0 Å². The molecule has 1 aliphatic rings. The summed E-state index contributed by atoms with van der Waals surface area (Å²) in [5, 5.41) is 0. The summed E-state index contributed by atoms with van der Waals surface area (Å²) in [6.07, 6.45) is 1.70. The number of rotatable bonds is 4. The van der Waals surface area contributed by atoms with Gasteiger partial charge in [0.05, 0.1) is 12.5 Å². The highest BCUT2D eigenvalue weighted by molar-refractivity contribution is 5.72. The molecule has 1 atom stereocenters. The van der Waals surface area contributed by atoms with E-state index in [1.165, 1.54) is 12.1 Å². The summed E-state index contributed by atoms with van der Waals surface area (Å²) in [4.78, 5) is 13.8. The number of hydrogen-bond donors (Lipinski definition) is 0. The molecule has 2 rings (SSSR count). The number of carbonyl (C=O) groups is 1. The molecular formula is C15H19F2NO2. The number of likely N-dealkylation sites (tertiary alicyclic amines) is 1. The highest BCUT2D eigenvalue weighted by Gasteiger charge is 2.26. The molecule has 3 nitrogen and oxygen atoms in total. The largest absolute Gasteiger partial charge is 0.466 e. The molecule has 0 bridgehead atoms. The number of carbonyl (C=O) groups excluding carboxylic acids is 1. The average molecular weight is 283 g/mol. The molecular weight excluding hydrogens is 264 g/mol. The summed E-state index contributed by atoms with van der Waals surface area (Å²) in [7, 11) is 0. The van der Waals surface area contributed by atoms with Crippen molar-refractivity contribution in [3.8, 4) is 0 Å². The van der Waals surface area contributed by atoms with Crippen molar-refractivity contribution < 1.29 is 18.3 Å². The Morgan fingerprint density at radius 1 is 1.35 bits per heavy atom. The van der Waals surface area contributed by atoms with E-state index < -0.39 is 11.6 Å². The Balaban J connectivity index is 1.97. The lowest BCUT2D eigenvalue weighted by molar-refractivity contribution is -0.150. The number of hydrogen-bond acceptors (Lipinski definition) is 3. The van der Waals surface area contributed by atoms with Crippen LogP contribution in [0.4, 0.5) is 8.78 Å². The molecule has 110 valence electrons. The summed E-state index contributed by atoms with van der Waals surface area (Å²) >= 11 is 0. The minimum absolute atomic E-state index is 0.137. The Hall–Kier alpha value is -1.49. The molecule has 1 aromatic rings. The fraction of sp³-hybridized carbons (Fsp3) is 0.533. The molecule has 1 saturated heterocycles. The van der Waals surface area contributed by atoms with E-state index in [-0.39, 0.29) is 11.9 Å². The maximum atomic E-state index is 13.2. The first-order valence-corrected chi connectivity index (χ1v) is 6.92. The maximum Gasteiger partial charge on any atom is 0.310 e. The maximum absolute atomic E-state index is 13.2. The van der Waals surface area contributed by atoms with Gasteiger partial charge in [-0.3, -0.25) is 9.69 Å². The van der Waals surface area contributed by atoms with E-state index in [1.54, 1.807) is 6.92 Å². The van der Waals surface area contributed by atoms with Crippen LogP contribution in [0.3, 0.4) is 0 Å². The number of nitrogens with zero attached hydrogens (tertiary/aromatic N) is 1. The number of benzene rings is 1. The fourth-order valence-corrected chi connectivity index (χ4v) is 2.61. The molecule has 0 spiro atoms. The first-order valence-electron chi connectivity index (χ1n) is 6.92. The van der Waals surface area contributed by atoms with Crippen molar-refractivity contribution in [3.63, 3.8) is 0 Å². The summed E-state index contributed by atoms with van der Waals surface area (Å²) in [6, 6.07) is 3.52. The quantitative estimate of drug-likeness (QED) is 0.796. The topological polar surface area (TPSA) is 29.5 Å². The molecule has 0 N–H and O–H groups in total. The van der Waals surface area contributed by atoms with Crippen LogP contribution in [-0.2, 0) is 16.1 Å². The summed E-state index contributed by atoms with van der Waals surface area (Å²) in [5.74, 6) is -1.46. The van der Waals surface area contributed by atoms with Gasteiger partial charge in [0.2, 0.25) is 0 Å². The van der Waals surface area contributed by atoms with Gasteiger partial charge in [-0.25, -0.2) is 8.78 Å². The second-order valence-corrected chi connectivity index (χ2v) is 5.10. The molecule has 0 amide bonds. The second kappa shape index (κ2) is 6.79. The van der Waals surface area contributed by atoms with E-state index in [0.717, 1.165) is 25.5 Å². The molecule has 0 saturated carbocycles. The third-order valence-electron chi connectivity index (χ3n) is 3.45. The normalized spacial score (nSPS) is 19.9. The Bertz CT molecular complexity index is 459. The Labute approximate surface area is 117 Å². The minimum atomic E-state index is -0.570. The summed E-state index contributed by atoms with van der Waals surface area (Å²) < 4.78 is 31.3. The van der Waals surface area contributed by atoms with E-state index in [1.807, 2.05) is 4.90 Å². The van der Waals surface area contributed by atoms with Gasteiger partial charge in [-0.1, -0.05) is 0 Å². The van der Waals surface area contributed by atoms with Gasteiger partial charge in [-0.2, -0.15) is 0 Å². The molecule has 0 aliphatic carbocycles. The molecule has 5 heteroatoms. The monoisotopic (exact) mass is 283 g/mol. The average Bonchev–Trinajstić information content (AvgIpc) is 2.38. The SMILES string of the molecule is CCOC(=O)[C@@H]1CCCN(Cc2cc(F)cc(F)c2)C1. The van der Waals surface area contributed by atoms with Crippen LogP contribution >= 0.6 is 0 Å². The van der Waals surface area contributed by atoms with E-state index >= 15 is 0 Å². The molecule has 20 heavy (non-hydrogen) atoms. The van der Waals surface area contributed by atoms with Crippen LogP contribution in [0.25, 0.3) is 0 Å². The van der Waals surface area contributed by atoms with E-state index in [4.69, 9.17) is 4.74 Å². The number of ether oxygens (including phenoxy) is 1. The van der Waals surface area contributed by atoms with Crippen LogP contribution in [0.2, 0.25) is 0 Å². The Morgan fingerprint density at radius 3 is 2.70 bits per heavy atom. The number of piperidine rings is 1. The standard InChI is InChI=1S/C15H19F2NO2/c1-2-20-15(19)12-4-3-5-18(10-12)9-11-6-13(16)8-14(17)7-11/h6-8,12H,2-5,9-10H2,1H3/t12-/m1/s1. The molecule has 0 aromatic heterocycles. The van der Waals surface area contributed by atoms with Crippen molar-refractivity contribution in [3.05, 3.63) is 35.4 Å². The summed E-state index contributed by atoms with van der Waals surface area (Å²) in [6.45, 7) is 4.02. The third kappa shape index (κ3) is 4.00. The van der Waals surface area contributed by atoms with Crippen LogP contribution < -0.4 is 0 Å². The Morgan fingerprint density at radius 2 is 2.05 bits per heavy atom. The highest BCUT2D eigenvalue weighted by Crippen LogP contribution is 2.20. The smallest absolute Gasteiger partial charge is 0.310 e. The molecule has 0 radical (unpaired) electrons. The highest BCUT2D eigenvalue weighted by atomic mass is 19.1. The molecule has 1 aromatic carbocycles. The molecule has 1 fully saturated rings. The van der Waals surface area contributed by atoms with Gasteiger partial charge in [0, 0.05) is 19.2 Å². The van der Waals surface area contributed by atoms with Crippen LogP contribution in [-0.4, -0.2) is 30.6 Å². The van der Waals surface area contributed by atoms with Crippen molar-refractivity contribution in [1.82, 2.24) is 4.90 Å². The van der Waals surface area contributed by atoms with Gasteiger partial charge < -0.3 is 4.74 Å². The van der Waals surface area contributed by atoms with Crippen LogP contribution in [0.5, 0.6) is 0 Å². The van der Waals surface area contributed by atoms with Crippen LogP contribution in [0.1, 0.15) is 25.3 Å². The van der Waals surface area contributed by atoms with Gasteiger partial charge >= 0.3 is 5.97 Å². The lowest BCUT2D eigenvalue weighted by Gasteiger charge is -2.31. The first kappa shape index (κ1) is 14.9. The predicted octanol–water partition coefficient (Wildman–Crippen LogP) is 2.74. The lowest BCUT2D eigenvalue weighted by atomic mass is 9.97. The van der Waals surface area contributed by atoms with E-state index in [9.17, 15) is 13.6 Å². The van der Waals surface area contributed by atoms with E-state index in [0.29, 0.717) is 25.3 Å². The molecule has 0 unspecified atom stereocenters. The zero-order valence-corrected chi connectivity index (χ0v) is 11.6. The minimum Gasteiger partial charge on any atom is -0.466 e. The fourth-order valence-electron chi connectivity index (χ4n) is 2.61. The van der Waals surface area contributed by atoms with Crippen molar-refractivity contribution in [2.24, 2.45) is 5.92 Å². The lowest BCUT2D eigenvalue weighted by Crippen LogP contribution is -2.38. The zero-order valence-electron chi connectivity index (χ0n) is 11.6.